The molecule has 0 aliphatic carbocycles. The SMILES string of the molecule is CCOc1ccc(CCN)c(CC)c1. The molecule has 78 valence electrons. The summed E-state index contributed by atoms with van der Waals surface area (Å²) < 4.78 is 5.45. The topological polar surface area (TPSA) is 35.2 Å². The van der Waals surface area contributed by atoms with E-state index in [1.54, 1.807) is 0 Å². The Balaban J connectivity index is 2.87. The quantitative estimate of drug-likeness (QED) is 0.777. The van der Waals surface area contributed by atoms with Gasteiger partial charge >= 0.3 is 0 Å². The second kappa shape index (κ2) is 5.66. The van der Waals surface area contributed by atoms with Crippen LogP contribution in [0.1, 0.15) is 25.0 Å². The van der Waals surface area contributed by atoms with Gasteiger partial charge in [-0.1, -0.05) is 13.0 Å². The molecule has 0 saturated heterocycles. The molecular weight excluding hydrogens is 174 g/mol. The van der Waals surface area contributed by atoms with Crippen LogP contribution in [0.4, 0.5) is 0 Å². The number of rotatable bonds is 5. The third-order valence-electron chi connectivity index (χ3n) is 2.28. The highest BCUT2D eigenvalue weighted by atomic mass is 16.5. The van der Waals surface area contributed by atoms with Crippen LogP contribution >= 0.6 is 0 Å². The monoisotopic (exact) mass is 193 g/mol. The largest absolute Gasteiger partial charge is 0.494 e. The highest BCUT2D eigenvalue weighted by Gasteiger charge is 2.01. The third-order valence-corrected chi connectivity index (χ3v) is 2.28. The standard InChI is InChI=1S/C12H19NO/c1-3-10-9-12(14-4-2)6-5-11(10)7-8-13/h5-6,9H,3-4,7-8,13H2,1-2H3. The predicted molar refractivity (Wildman–Crippen MR) is 59.7 cm³/mol. The molecule has 0 aromatic heterocycles. The van der Waals surface area contributed by atoms with E-state index in [2.05, 4.69) is 19.1 Å². The van der Waals surface area contributed by atoms with E-state index in [1.807, 2.05) is 13.0 Å². The Morgan fingerprint density at radius 2 is 2.00 bits per heavy atom. The van der Waals surface area contributed by atoms with E-state index in [-0.39, 0.29) is 0 Å². The molecule has 0 amide bonds. The van der Waals surface area contributed by atoms with Gasteiger partial charge in [0.15, 0.2) is 0 Å². The molecule has 14 heavy (non-hydrogen) atoms. The molecule has 0 aliphatic rings. The maximum atomic E-state index is 5.55. The molecule has 0 unspecified atom stereocenters. The molecule has 1 aromatic carbocycles. The van der Waals surface area contributed by atoms with E-state index in [0.29, 0.717) is 6.54 Å². The first-order valence-corrected chi connectivity index (χ1v) is 5.26. The maximum absolute atomic E-state index is 5.55. The lowest BCUT2D eigenvalue weighted by molar-refractivity contribution is 0.340. The lowest BCUT2D eigenvalue weighted by Gasteiger charge is -2.09. The van der Waals surface area contributed by atoms with Crippen LogP contribution < -0.4 is 10.5 Å². The van der Waals surface area contributed by atoms with Gasteiger partial charge in [0.25, 0.3) is 0 Å². The Morgan fingerprint density at radius 3 is 2.57 bits per heavy atom. The van der Waals surface area contributed by atoms with Crippen molar-refractivity contribution in [3.63, 3.8) is 0 Å². The second-order valence-corrected chi connectivity index (χ2v) is 3.26. The summed E-state index contributed by atoms with van der Waals surface area (Å²) in [7, 11) is 0. The summed E-state index contributed by atoms with van der Waals surface area (Å²) in [5.74, 6) is 0.963. The molecule has 0 bridgehead atoms. The number of hydrogen-bond acceptors (Lipinski definition) is 2. The van der Waals surface area contributed by atoms with Gasteiger partial charge in [-0.3, -0.25) is 0 Å². The van der Waals surface area contributed by atoms with Crippen molar-refractivity contribution in [2.45, 2.75) is 26.7 Å². The van der Waals surface area contributed by atoms with E-state index >= 15 is 0 Å². The zero-order chi connectivity index (χ0) is 10.4. The molecule has 0 fully saturated rings. The number of nitrogens with two attached hydrogens (primary N) is 1. The summed E-state index contributed by atoms with van der Waals surface area (Å²) in [5, 5.41) is 0. The predicted octanol–water partition coefficient (Wildman–Crippen LogP) is 2.15. The maximum Gasteiger partial charge on any atom is 0.119 e. The molecule has 2 nitrogen and oxygen atoms in total. The van der Waals surface area contributed by atoms with Crippen molar-refractivity contribution in [1.29, 1.82) is 0 Å². The zero-order valence-electron chi connectivity index (χ0n) is 9.05. The van der Waals surface area contributed by atoms with Gasteiger partial charge in [-0.25, -0.2) is 0 Å². The lowest BCUT2D eigenvalue weighted by Crippen LogP contribution is -2.05. The molecule has 2 N–H and O–H groups in total. The lowest BCUT2D eigenvalue weighted by atomic mass is 10.0. The van der Waals surface area contributed by atoms with E-state index < -0.39 is 0 Å². The van der Waals surface area contributed by atoms with Gasteiger partial charge in [-0.15, -0.1) is 0 Å². The normalized spacial score (nSPS) is 10.2. The van der Waals surface area contributed by atoms with Gasteiger partial charge in [-0.05, 0) is 49.6 Å². The van der Waals surface area contributed by atoms with E-state index in [0.717, 1.165) is 25.2 Å². The van der Waals surface area contributed by atoms with Gasteiger partial charge in [-0.2, -0.15) is 0 Å². The summed E-state index contributed by atoms with van der Waals surface area (Å²) in [4.78, 5) is 0. The van der Waals surface area contributed by atoms with Crippen molar-refractivity contribution >= 4 is 0 Å². The molecule has 0 atom stereocenters. The highest BCUT2D eigenvalue weighted by Crippen LogP contribution is 2.18. The molecule has 1 rings (SSSR count). The minimum atomic E-state index is 0.709. The van der Waals surface area contributed by atoms with Gasteiger partial charge in [0.2, 0.25) is 0 Å². The van der Waals surface area contributed by atoms with Crippen LogP contribution in [0.15, 0.2) is 18.2 Å². The van der Waals surface area contributed by atoms with Crippen LogP contribution in [0.25, 0.3) is 0 Å². The minimum Gasteiger partial charge on any atom is -0.494 e. The van der Waals surface area contributed by atoms with Crippen LogP contribution in [0.2, 0.25) is 0 Å². The van der Waals surface area contributed by atoms with Gasteiger partial charge in [0.1, 0.15) is 5.75 Å². The Morgan fingerprint density at radius 1 is 1.21 bits per heavy atom. The van der Waals surface area contributed by atoms with Crippen molar-refractivity contribution in [2.75, 3.05) is 13.2 Å². The average Bonchev–Trinajstić information content (AvgIpc) is 2.21. The summed E-state index contributed by atoms with van der Waals surface area (Å²) in [6.45, 7) is 5.59. The second-order valence-electron chi connectivity index (χ2n) is 3.26. The van der Waals surface area contributed by atoms with Gasteiger partial charge in [0.05, 0.1) is 6.61 Å². The van der Waals surface area contributed by atoms with Crippen molar-refractivity contribution < 1.29 is 4.74 Å². The third kappa shape index (κ3) is 2.74. The van der Waals surface area contributed by atoms with Crippen LogP contribution in [-0.2, 0) is 12.8 Å². The fourth-order valence-electron chi connectivity index (χ4n) is 1.59. The Hall–Kier alpha value is -1.02. The number of ether oxygens (including phenoxy) is 1. The number of benzene rings is 1. The summed E-state index contributed by atoms with van der Waals surface area (Å²) >= 11 is 0. The van der Waals surface area contributed by atoms with E-state index in [1.165, 1.54) is 11.1 Å². The average molecular weight is 193 g/mol. The van der Waals surface area contributed by atoms with Crippen molar-refractivity contribution in [1.82, 2.24) is 0 Å². The molecule has 0 aliphatic heterocycles. The summed E-state index contributed by atoms with van der Waals surface area (Å²) in [6.07, 6.45) is 1.99. The first-order valence-electron chi connectivity index (χ1n) is 5.26. The fraction of sp³-hybridized carbons (Fsp3) is 0.500. The molecule has 1 aromatic rings. The number of hydrogen-bond donors (Lipinski definition) is 1. The zero-order valence-corrected chi connectivity index (χ0v) is 9.05. The molecule has 2 heteroatoms. The van der Waals surface area contributed by atoms with Gasteiger partial charge < -0.3 is 10.5 Å². The molecule has 0 spiro atoms. The van der Waals surface area contributed by atoms with Crippen molar-refractivity contribution in [3.8, 4) is 5.75 Å². The Labute approximate surface area is 86.1 Å². The first kappa shape index (κ1) is 11.1. The van der Waals surface area contributed by atoms with Crippen LogP contribution in [0, 0.1) is 0 Å². The van der Waals surface area contributed by atoms with Crippen molar-refractivity contribution in [2.24, 2.45) is 5.73 Å². The molecular formula is C12H19NO. The first-order chi connectivity index (χ1) is 6.81. The minimum absolute atomic E-state index is 0.709. The summed E-state index contributed by atoms with van der Waals surface area (Å²) in [6, 6.07) is 6.26. The highest BCUT2D eigenvalue weighted by molar-refractivity contribution is 5.36. The van der Waals surface area contributed by atoms with E-state index in [4.69, 9.17) is 10.5 Å². The van der Waals surface area contributed by atoms with Gasteiger partial charge in [0, 0.05) is 0 Å². The Bertz CT molecular complexity index is 284. The fourth-order valence-corrected chi connectivity index (χ4v) is 1.59. The van der Waals surface area contributed by atoms with Crippen LogP contribution in [0.5, 0.6) is 5.75 Å². The summed E-state index contributed by atoms with van der Waals surface area (Å²) in [5.41, 5.74) is 8.24. The van der Waals surface area contributed by atoms with E-state index in [9.17, 15) is 0 Å². The van der Waals surface area contributed by atoms with Crippen molar-refractivity contribution in [3.05, 3.63) is 29.3 Å². The molecule has 0 radical (unpaired) electrons. The van der Waals surface area contributed by atoms with Crippen LogP contribution in [0.3, 0.4) is 0 Å². The molecule has 0 saturated carbocycles. The molecule has 0 heterocycles. The smallest absolute Gasteiger partial charge is 0.119 e. The van der Waals surface area contributed by atoms with Crippen LogP contribution in [-0.4, -0.2) is 13.2 Å². The Kier molecular flexibility index (Phi) is 4.47. The number of aryl methyl sites for hydroxylation is 1.